The van der Waals surface area contributed by atoms with Crippen LogP contribution in [0.5, 0.6) is 11.8 Å². The van der Waals surface area contributed by atoms with Crippen molar-refractivity contribution in [2.45, 2.75) is 73.6 Å². The van der Waals surface area contributed by atoms with Crippen LogP contribution >= 0.6 is 0 Å². The number of aliphatic hydroxyl groups excluding tert-OH is 9. The fourth-order valence-corrected chi connectivity index (χ4v) is 6.45. The Morgan fingerprint density at radius 3 is 1.32 bits per heavy atom. The summed E-state index contributed by atoms with van der Waals surface area (Å²) in [5, 5.41) is 105. The van der Waals surface area contributed by atoms with Crippen molar-refractivity contribution in [3.63, 3.8) is 0 Å². The van der Waals surface area contributed by atoms with Gasteiger partial charge in [0, 0.05) is 0 Å². The van der Waals surface area contributed by atoms with Crippen molar-refractivity contribution >= 4 is 33.5 Å². The van der Waals surface area contributed by atoms with Crippen LogP contribution in [0.15, 0.2) is 42.8 Å². The minimum atomic E-state index is -1.23. The van der Waals surface area contributed by atoms with E-state index in [2.05, 4.69) is 44.9 Å². The second-order valence-electron chi connectivity index (χ2n) is 12.8. The number of ether oxygens (including phenoxy) is 3. The van der Waals surface area contributed by atoms with Gasteiger partial charge in [-0.2, -0.15) is 15.0 Å². The Bertz CT molecular complexity index is 2270. The SMILES string of the molecule is O=c1nc[nH]c2c1ncn2[C@@H]1O[C@H](CO)[C@@H](O)[C@H]1O.OC[C@H]1O[C@@H](n2cnc3c(O)ncnc32)[C@H](O)[C@@H]1O.OC[C@H]1O[C@@H](n2cnc3c(O)ncnc32)[C@H](O)[C@@H]1O. The van der Waals surface area contributed by atoms with E-state index in [0.29, 0.717) is 5.65 Å². The van der Waals surface area contributed by atoms with Gasteiger partial charge in [0.25, 0.3) is 0 Å². The number of fused-ring (bicyclic) bond motifs is 3. The van der Waals surface area contributed by atoms with Crippen molar-refractivity contribution in [3.05, 3.63) is 48.3 Å². The lowest BCUT2D eigenvalue weighted by molar-refractivity contribution is -0.0511. The Kier molecular flexibility index (Phi) is 11.3. The number of aromatic nitrogens is 12. The van der Waals surface area contributed by atoms with Crippen molar-refractivity contribution in [2.24, 2.45) is 0 Å². The van der Waals surface area contributed by atoms with Gasteiger partial charge in [0.05, 0.1) is 45.1 Å². The number of nitrogens with one attached hydrogen (secondary N) is 1. The lowest BCUT2D eigenvalue weighted by Crippen LogP contribution is -2.33. The van der Waals surface area contributed by atoms with Crippen molar-refractivity contribution in [3.8, 4) is 11.8 Å². The number of hydrogen-bond acceptors (Lipinski definition) is 23. The summed E-state index contributed by atoms with van der Waals surface area (Å²) >= 11 is 0. The number of hydrogen-bond donors (Lipinski definition) is 12. The summed E-state index contributed by atoms with van der Waals surface area (Å²) in [6.45, 7) is -1.25. The summed E-state index contributed by atoms with van der Waals surface area (Å²) in [4.78, 5) is 44.6. The molecule has 0 aliphatic carbocycles. The maximum Gasteiger partial charge on any atom is 0.300 e. The smallest absolute Gasteiger partial charge is 0.300 e. The van der Waals surface area contributed by atoms with Crippen LogP contribution < -0.4 is 5.56 Å². The normalized spacial score (nSPS) is 31.1. The highest BCUT2D eigenvalue weighted by molar-refractivity contribution is 5.76. The van der Waals surface area contributed by atoms with Crippen LogP contribution in [0.3, 0.4) is 0 Å². The standard InChI is InChI=1S/3C10H12N4O5/c3*15-1-4-6(16)7(17)10(19-4)14-3-13-5-8(14)11-2-12-9(5)18/h3*2-4,6-7,10,15-17H,1H2,(H,11,12,18)/t3*4-,6-,7-,10-/m111/s1. The van der Waals surface area contributed by atoms with Crippen molar-refractivity contribution in [1.29, 1.82) is 0 Å². The number of aliphatic hydroxyl groups is 9. The van der Waals surface area contributed by atoms with Crippen molar-refractivity contribution < 1.29 is 70.4 Å². The highest BCUT2D eigenvalue weighted by atomic mass is 16.6. The van der Waals surface area contributed by atoms with Crippen LogP contribution in [0.1, 0.15) is 18.7 Å². The second kappa shape index (κ2) is 16.2. The molecule has 0 unspecified atom stereocenters. The monoisotopic (exact) mass is 804 g/mol. The molecule has 12 N–H and O–H groups in total. The molecule has 0 aromatic carbocycles. The number of imidazole rings is 3. The molecule has 57 heavy (non-hydrogen) atoms. The van der Waals surface area contributed by atoms with Gasteiger partial charge in [0.1, 0.15) is 73.2 Å². The van der Waals surface area contributed by atoms with Gasteiger partial charge in [-0.3, -0.25) is 18.5 Å². The summed E-state index contributed by atoms with van der Waals surface area (Å²) in [6, 6.07) is 0. The molecule has 0 saturated carbocycles. The molecule has 3 saturated heterocycles. The summed E-state index contributed by atoms with van der Waals surface area (Å²) in [5.74, 6) is -0.564. The van der Waals surface area contributed by atoms with E-state index in [-0.39, 0.29) is 39.6 Å². The Morgan fingerprint density at radius 1 is 0.526 bits per heavy atom. The molecule has 0 spiro atoms. The maximum absolute atomic E-state index is 11.5. The number of aromatic hydroxyl groups is 2. The number of H-pyrrole nitrogens is 1. The minimum Gasteiger partial charge on any atom is -0.492 e. The first-order chi connectivity index (χ1) is 27.4. The molecule has 0 amide bonds. The molecule has 9 rings (SSSR count). The average Bonchev–Trinajstić information content (AvgIpc) is 4.07. The largest absolute Gasteiger partial charge is 0.492 e. The van der Waals surface area contributed by atoms with E-state index in [9.17, 15) is 45.6 Å². The lowest BCUT2D eigenvalue weighted by atomic mass is 10.1. The topological polar surface area (TPSA) is 401 Å². The molecule has 27 heteroatoms. The summed E-state index contributed by atoms with van der Waals surface area (Å²) in [6.07, 6.45) is -5.31. The molecule has 6 aromatic rings. The van der Waals surface area contributed by atoms with Crippen LogP contribution in [0.2, 0.25) is 0 Å². The Balaban J connectivity index is 0.000000131. The molecular formula is C30H36N12O15. The third kappa shape index (κ3) is 7.11. The summed E-state index contributed by atoms with van der Waals surface area (Å²) in [5.41, 5.74) is 0.805. The molecule has 9 heterocycles. The molecule has 0 bridgehead atoms. The van der Waals surface area contributed by atoms with Crippen LogP contribution in [-0.2, 0) is 14.2 Å². The maximum atomic E-state index is 11.5. The molecule has 3 fully saturated rings. The zero-order valence-corrected chi connectivity index (χ0v) is 29.0. The van der Waals surface area contributed by atoms with E-state index in [0.717, 1.165) is 12.7 Å². The molecule has 3 aliphatic rings. The van der Waals surface area contributed by atoms with Gasteiger partial charge in [0.15, 0.2) is 46.5 Å². The van der Waals surface area contributed by atoms with Gasteiger partial charge >= 0.3 is 5.56 Å². The predicted octanol–water partition coefficient (Wildman–Crippen LogP) is -5.98. The van der Waals surface area contributed by atoms with Crippen molar-refractivity contribution in [1.82, 2.24) is 58.6 Å². The quantitative estimate of drug-likeness (QED) is 0.0745. The first-order valence-electron chi connectivity index (χ1n) is 16.9. The highest BCUT2D eigenvalue weighted by Crippen LogP contribution is 2.34. The summed E-state index contributed by atoms with van der Waals surface area (Å²) in [7, 11) is 0. The van der Waals surface area contributed by atoms with Gasteiger partial charge in [-0.15, -0.1) is 0 Å². The molecule has 3 aliphatic heterocycles. The van der Waals surface area contributed by atoms with Gasteiger partial charge in [0.2, 0.25) is 11.8 Å². The third-order valence-corrected chi connectivity index (χ3v) is 9.43. The number of aromatic amines is 1. The predicted molar refractivity (Wildman–Crippen MR) is 181 cm³/mol. The zero-order valence-electron chi connectivity index (χ0n) is 29.0. The first-order valence-corrected chi connectivity index (χ1v) is 16.9. The summed E-state index contributed by atoms with van der Waals surface area (Å²) < 4.78 is 20.2. The van der Waals surface area contributed by atoms with Crippen LogP contribution in [0.25, 0.3) is 33.5 Å². The Morgan fingerprint density at radius 2 is 0.912 bits per heavy atom. The van der Waals surface area contributed by atoms with Gasteiger partial charge in [-0.25, -0.2) is 24.9 Å². The van der Waals surface area contributed by atoms with E-state index in [1.165, 1.54) is 39.0 Å². The molecular weight excluding hydrogens is 768 g/mol. The van der Waals surface area contributed by atoms with Gasteiger partial charge < -0.3 is 75.4 Å². The van der Waals surface area contributed by atoms with E-state index >= 15 is 0 Å². The average molecular weight is 805 g/mol. The van der Waals surface area contributed by atoms with E-state index in [1.54, 1.807) is 0 Å². The lowest BCUT2D eigenvalue weighted by Gasteiger charge is -2.16. The molecule has 0 radical (unpaired) electrons. The van der Waals surface area contributed by atoms with Crippen LogP contribution in [-0.4, -0.2) is 189 Å². The number of rotatable bonds is 6. The zero-order chi connectivity index (χ0) is 40.7. The molecule has 306 valence electrons. The Labute approximate surface area is 316 Å². The second-order valence-corrected chi connectivity index (χ2v) is 12.8. The van der Waals surface area contributed by atoms with Crippen LogP contribution in [0, 0.1) is 0 Å². The molecule has 12 atom stereocenters. The first kappa shape index (κ1) is 39.8. The van der Waals surface area contributed by atoms with Gasteiger partial charge in [-0.05, 0) is 0 Å². The minimum absolute atomic E-state index is 0.111. The van der Waals surface area contributed by atoms with E-state index < -0.39 is 99.0 Å². The van der Waals surface area contributed by atoms with Crippen molar-refractivity contribution in [2.75, 3.05) is 19.8 Å². The van der Waals surface area contributed by atoms with Crippen LogP contribution in [0.4, 0.5) is 0 Å². The van der Waals surface area contributed by atoms with E-state index in [1.807, 2.05) is 0 Å². The fourth-order valence-electron chi connectivity index (χ4n) is 6.45. The third-order valence-electron chi connectivity index (χ3n) is 9.43. The van der Waals surface area contributed by atoms with E-state index in [4.69, 9.17) is 29.5 Å². The highest BCUT2D eigenvalue weighted by Gasteiger charge is 2.46. The molecule has 6 aromatic heterocycles. The van der Waals surface area contributed by atoms with Gasteiger partial charge in [-0.1, -0.05) is 0 Å². The Hall–Kier alpha value is -5.43. The molecule has 27 nitrogen and oxygen atoms in total. The fraction of sp³-hybridized carbons (Fsp3) is 0.500. The number of nitrogens with zero attached hydrogens (tertiary/aromatic N) is 11.